The highest BCUT2D eigenvalue weighted by molar-refractivity contribution is 5.99. The van der Waals surface area contributed by atoms with Crippen LogP contribution in [0.5, 0.6) is 0 Å². The van der Waals surface area contributed by atoms with Crippen LogP contribution in [-0.2, 0) is 9.59 Å². The largest absolute Gasteiger partial charge is 0.331 e. The maximum absolute atomic E-state index is 12.5. The molecule has 0 saturated carbocycles. The Bertz CT molecular complexity index is 722. The summed E-state index contributed by atoms with van der Waals surface area (Å²) in [5.74, 6) is -0.0651. The molecule has 6 nitrogen and oxygen atoms in total. The van der Waals surface area contributed by atoms with Crippen molar-refractivity contribution in [3.8, 4) is 0 Å². The quantitative estimate of drug-likeness (QED) is 0.908. The maximum atomic E-state index is 12.5. The summed E-state index contributed by atoms with van der Waals surface area (Å²) in [5.41, 5.74) is 2.52. The number of anilines is 1. The summed E-state index contributed by atoms with van der Waals surface area (Å²) >= 11 is 0. The number of fused-ring (bicyclic) bond motifs is 1. The first-order chi connectivity index (χ1) is 10.6. The van der Waals surface area contributed by atoms with Gasteiger partial charge in [-0.2, -0.15) is 5.10 Å². The second-order valence-corrected chi connectivity index (χ2v) is 5.68. The molecule has 2 heterocycles. The number of carbonyl (C=O) groups excluding carboxylic acids is 2. The average Bonchev–Trinajstić information content (AvgIpc) is 3.07. The highest BCUT2D eigenvalue weighted by atomic mass is 16.2. The number of amides is 2. The molecule has 1 saturated heterocycles. The molecule has 0 aliphatic carbocycles. The minimum atomic E-state index is -0.397. The number of likely N-dealkylation sites (tertiary alicyclic amines) is 1. The lowest BCUT2D eigenvalue weighted by Gasteiger charge is -2.25. The van der Waals surface area contributed by atoms with Gasteiger partial charge in [0.05, 0.1) is 5.52 Å². The van der Waals surface area contributed by atoms with E-state index in [9.17, 15) is 9.59 Å². The molecule has 0 bridgehead atoms. The van der Waals surface area contributed by atoms with E-state index in [1.807, 2.05) is 32.0 Å². The monoisotopic (exact) mass is 300 g/mol. The third-order valence-electron chi connectivity index (χ3n) is 4.19. The highest BCUT2D eigenvalue weighted by Crippen LogP contribution is 2.21. The van der Waals surface area contributed by atoms with Crippen molar-refractivity contribution in [1.82, 2.24) is 15.1 Å². The van der Waals surface area contributed by atoms with Crippen molar-refractivity contribution in [1.29, 1.82) is 0 Å². The molecule has 1 aliphatic heterocycles. The summed E-state index contributed by atoms with van der Waals surface area (Å²) < 4.78 is 0. The van der Waals surface area contributed by atoms with Crippen molar-refractivity contribution < 1.29 is 9.59 Å². The highest BCUT2D eigenvalue weighted by Gasteiger charge is 2.31. The fourth-order valence-corrected chi connectivity index (χ4v) is 2.99. The first-order valence-electron chi connectivity index (χ1n) is 7.65. The Morgan fingerprint density at radius 2 is 2.32 bits per heavy atom. The van der Waals surface area contributed by atoms with Gasteiger partial charge in [-0.05, 0) is 38.0 Å². The third-order valence-corrected chi connectivity index (χ3v) is 4.19. The Labute approximate surface area is 128 Å². The predicted molar refractivity (Wildman–Crippen MR) is 84.5 cm³/mol. The molecule has 1 aliphatic rings. The van der Waals surface area contributed by atoms with Crippen molar-refractivity contribution in [2.24, 2.45) is 0 Å². The van der Waals surface area contributed by atoms with Gasteiger partial charge in [-0.15, -0.1) is 0 Å². The summed E-state index contributed by atoms with van der Waals surface area (Å²) in [7, 11) is 0. The molecule has 116 valence electrons. The minimum absolute atomic E-state index is 0.0698. The summed E-state index contributed by atoms with van der Waals surface area (Å²) in [4.78, 5) is 26.0. The standard InChI is InChI=1S/C16H20N4O2/c1-3-14(20-8-4-5-15(20)21)16(22)17-11-6-7-12-10(2)18-19-13(12)9-11/h6-7,9,14H,3-5,8H2,1-2H3,(H,17,22)(H,18,19)/t14-/m0/s1. The van der Waals surface area contributed by atoms with Gasteiger partial charge < -0.3 is 10.2 Å². The fraction of sp³-hybridized carbons (Fsp3) is 0.438. The molecular formula is C16H20N4O2. The zero-order valence-electron chi connectivity index (χ0n) is 12.8. The van der Waals surface area contributed by atoms with E-state index in [0.717, 1.165) is 23.0 Å². The molecule has 22 heavy (non-hydrogen) atoms. The number of rotatable bonds is 4. The number of H-pyrrole nitrogens is 1. The number of hydrogen-bond acceptors (Lipinski definition) is 3. The van der Waals surface area contributed by atoms with Gasteiger partial charge in [0, 0.05) is 29.7 Å². The molecule has 6 heteroatoms. The van der Waals surface area contributed by atoms with Crippen LogP contribution in [0.25, 0.3) is 10.9 Å². The van der Waals surface area contributed by atoms with Gasteiger partial charge in [-0.1, -0.05) is 6.92 Å². The molecule has 0 unspecified atom stereocenters. The summed E-state index contributed by atoms with van der Waals surface area (Å²) in [6.07, 6.45) is 1.99. The molecule has 2 amide bonds. The van der Waals surface area contributed by atoms with Gasteiger partial charge in [-0.3, -0.25) is 14.7 Å². The number of benzene rings is 1. The SMILES string of the molecule is CC[C@@H](C(=O)Nc1ccc2c(C)[nH]nc2c1)N1CCCC1=O. The van der Waals surface area contributed by atoms with E-state index in [4.69, 9.17) is 0 Å². The average molecular weight is 300 g/mol. The van der Waals surface area contributed by atoms with Crippen LogP contribution in [0.1, 0.15) is 31.9 Å². The number of nitrogens with one attached hydrogen (secondary N) is 2. The fourth-order valence-electron chi connectivity index (χ4n) is 2.99. The smallest absolute Gasteiger partial charge is 0.247 e. The van der Waals surface area contributed by atoms with Crippen LogP contribution in [0.2, 0.25) is 0 Å². The van der Waals surface area contributed by atoms with E-state index in [1.165, 1.54) is 0 Å². The molecule has 0 radical (unpaired) electrons. The maximum Gasteiger partial charge on any atom is 0.247 e. The molecule has 1 aromatic heterocycles. The Kier molecular flexibility index (Phi) is 3.83. The zero-order valence-corrected chi connectivity index (χ0v) is 12.8. The van der Waals surface area contributed by atoms with Gasteiger partial charge in [-0.25, -0.2) is 0 Å². The molecule has 2 aromatic rings. The molecule has 1 atom stereocenters. The van der Waals surface area contributed by atoms with Crippen molar-refractivity contribution in [3.05, 3.63) is 23.9 Å². The van der Waals surface area contributed by atoms with Gasteiger partial charge in [0.25, 0.3) is 0 Å². The van der Waals surface area contributed by atoms with Crippen LogP contribution in [-0.4, -0.2) is 39.5 Å². The number of nitrogens with zero attached hydrogens (tertiary/aromatic N) is 2. The molecule has 3 rings (SSSR count). The lowest BCUT2D eigenvalue weighted by molar-refractivity contribution is -0.135. The lowest BCUT2D eigenvalue weighted by Crippen LogP contribution is -2.44. The van der Waals surface area contributed by atoms with Gasteiger partial charge in [0.1, 0.15) is 6.04 Å². The van der Waals surface area contributed by atoms with Gasteiger partial charge >= 0.3 is 0 Å². The molecular weight excluding hydrogens is 280 g/mol. The first kappa shape index (κ1) is 14.6. The van der Waals surface area contributed by atoms with Crippen molar-refractivity contribution in [2.75, 3.05) is 11.9 Å². The van der Waals surface area contributed by atoms with Gasteiger partial charge in [0.2, 0.25) is 11.8 Å². The normalized spacial score (nSPS) is 16.3. The van der Waals surface area contributed by atoms with Crippen LogP contribution in [0.3, 0.4) is 0 Å². The van der Waals surface area contributed by atoms with Crippen LogP contribution in [0.4, 0.5) is 5.69 Å². The van der Waals surface area contributed by atoms with E-state index in [2.05, 4.69) is 15.5 Å². The third kappa shape index (κ3) is 2.56. The van der Waals surface area contributed by atoms with E-state index in [-0.39, 0.29) is 11.8 Å². The molecule has 2 N–H and O–H groups in total. The Balaban J connectivity index is 1.77. The number of aryl methyl sites for hydroxylation is 1. The van der Waals surface area contributed by atoms with Crippen molar-refractivity contribution >= 4 is 28.4 Å². The second-order valence-electron chi connectivity index (χ2n) is 5.68. The lowest BCUT2D eigenvalue weighted by atomic mass is 10.1. The van der Waals surface area contributed by atoms with E-state index in [1.54, 1.807) is 4.90 Å². The minimum Gasteiger partial charge on any atom is -0.331 e. The number of hydrogen-bond donors (Lipinski definition) is 2. The first-order valence-corrected chi connectivity index (χ1v) is 7.65. The Morgan fingerprint density at radius 1 is 1.50 bits per heavy atom. The topological polar surface area (TPSA) is 78.1 Å². The number of carbonyl (C=O) groups is 2. The predicted octanol–water partition coefficient (Wildman–Crippen LogP) is 2.21. The summed E-state index contributed by atoms with van der Waals surface area (Å²) in [6, 6.07) is 5.24. The summed E-state index contributed by atoms with van der Waals surface area (Å²) in [6.45, 7) is 4.55. The van der Waals surface area contributed by atoms with E-state index in [0.29, 0.717) is 25.1 Å². The molecule has 1 aromatic carbocycles. The van der Waals surface area contributed by atoms with Crippen LogP contribution >= 0.6 is 0 Å². The van der Waals surface area contributed by atoms with E-state index >= 15 is 0 Å². The number of aromatic nitrogens is 2. The van der Waals surface area contributed by atoms with Crippen molar-refractivity contribution in [3.63, 3.8) is 0 Å². The Morgan fingerprint density at radius 3 is 3.00 bits per heavy atom. The van der Waals surface area contributed by atoms with Gasteiger partial charge in [0.15, 0.2) is 0 Å². The number of aromatic amines is 1. The van der Waals surface area contributed by atoms with E-state index < -0.39 is 6.04 Å². The van der Waals surface area contributed by atoms with Crippen LogP contribution in [0, 0.1) is 6.92 Å². The van der Waals surface area contributed by atoms with Crippen molar-refractivity contribution in [2.45, 2.75) is 39.2 Å². The van der Waals surface area contributed by atoms with Crippen LogP contribution < -0.4 is 5.32 Å². The molecule has 0 spiro atoms. The zero-order chi connectivity index (χ0) is 15.7. The van der Waals surface area contributed by atoms with Crippen LogP contribution in [0.15, 0.2) is 18.2 Å². The molecule has 1 fully saturated rings. The second kappa shape index (κ2) is 5.79. The summed E-state index contributed by atoms with van der Waals surface area (Å²) in [5, 5.41) is 11.1. The Hall–Kier alpha value is -2.37.